The molecular formula is C11H6BrF3IN3O. The fourth-order valence-electron chi connectivity index (χ4n) is 1.31. The molecular weight excluding hydrogens is 454 g/mol. The Kier molecular flexibility index (Phi) is 4.68. The van der Waals surface area contributed by atoms with Crippen LogP contribution in [0.2, 0.25) is 0 Å². The Morgan fingerprint density at radius 3 is 2.45 bits per heavy atom. The summed E-state index contributed by atoms with van der Waals surface area (Å²) in [5, 5.41) is 2.68. The SMILES string of the molecule is FC(F)(F)Oc1cc(Br)ccc1Nc1ncc(I)cn1. The molecule has 0 aliphatic heterocycles. The molecule has 106 valence electrons. The summed E-state index contributed by atoms with van der Waals surface area (Å²) in [5.74, 6) is -0.186. The zero-order chi connectivity index (χ0) is 14.8. The number of benzene rings is 1. The van der Waals surface area contributed by atoms with Crippen LogP contribution in [0.3, 0.4) is 0 Å². The van der Waals surface area contributed by atoms with Crippen LogP contribution in [0.4, 0.5) is 24.8 Å². The minimum Gasteiger partial charge on any atom is -0.404 e. The molecule has 20 heavy (non-hydrogen) atoms. The standard InChI is InChI=1S/C11H6BrF3IN3O/c12-6-1-2-8(9(3-6)20-11(13,14)15)19-10-17-4-7(16)5-18-10/h1-5H,(H,17,18,19). The van der Waals surface area contributed by atoms with E-state index < -0.39 is 6.36 Å². The van der Waals surface area contributed by atoms with E-state index in [-0.39, 0.29) is 17.4 Å². The third-order valence-electron chi connectivity index (χ3n) is 2.04. The molecule has 1 aromatic carbocycles. The molecule has 1 heterocycles. The summed E-state index contributed by atoms with van der Waals surface area (Å²) in [6.45, 7) is 0. The van der Waals surface area contributed by atoms with E-state index in [0.717, 1.165) is 3.57 Å². The number of hydrogen-bond donors (Lipinski definition) is 1. The van der Waals surface area contributed by atoms with Crippen molar-refractivity contribution in [3.05, 3.63) is 38.6 Å². The average molecular weight is 460 g/mol. The number of halogens is 5. The number of aromatic nitrogens is 2. The lowest BCUT2D eigenvalue weighted by molar-refractivity contribution is -0.274. The zero-order valence-corrected chi connectivity index (χ0v) is 13.3. The van der Waals surface area contributed by atoms with Crippen molar-refractivity contribution >= 4 is 50.2 Å². The first kappa shape index (κ1) is 15.3. The number of rotatable bonds is 3. The van der Waals surface area contributed by atoms with Gasteiger partial charge in [0.2, 0.25) is 5.95 Å². The number of ether oxygens (including phenoxy) is 1. The molecule has 9 heteroatoms. The molecule has 0 aliphatic carbocycles. The normalized spacial score (nSPS) is 11.2. The number of anilines is 2. The van der Waals surface area contributed by atoms with E-state index in [1.165, 1.54) is 12.1 Å². The highest BCUT2D eigenvalue weighted by atomic mass is 127. The molecule has 0 saturated heterocycles. The Morgan fingerprint density at radius 1 is 1.20 bits per heavy atom. The molecule has 0 fully saturated rings. The van der Waals surface area contributed by atoms with Crippen molar-refractivity contribution in [2.45, 2.75) is 6.36 Å². The monoisotopic (exact) mass is 459 g/mol. The average Bonchev–Trinajstić information content (AvgIpc) is 2.33. The second-order valence-electron chi connectivity index (χ2n) is 3.54. The maximum absolute atomic E-state index is 12.3. The summed E-state index contributed by atoms with van der Waals surface area (Å²) in [7, 11) is 0. The van der Waals surface area contributed by atoms with E-state index in [1.54, 1.807) is 18.5 Å². The van der Waals surface area contributed by atoms with E-state index in [2.05, 4.69) is 36.0 Å². The van der Waals surface area contributed by atoms with Gasteiger partial charge in [-0.25, -0.2) is 9.97 Å². The maximum Gasteiger partial charge on any atom is 0.573 e. The lowest BCUT2D eigenvalue weighted by Gasteiger charge is -2.14. The van der Waals surface area contributed by atoms with Crippen molar-refractivity contribution in [2.24, 2.45) is 0 Å². The van der Waals surface area contributed by atoms with Gasteiger partial charge in [-0.15, -0.1) is 13.2 Å². The smallest absolute Gasteiger partial charge is 0.404 e. The van der Waals surface area contributed by atoms with Gasteiger partial charge in [0.05, 0.1) is 5.69 Å². The fourth-order valence-corrected chi connectivity index (χ4v) is 1.92. The van der Waals surface area contributed by atoms with E-state index in [0.29, 0.717) is 4.47 Å². The first-order chi connectivity index (χ1) is 9.33. The summed E-state index contributed by atoms with van der Waals surface area (Å²) in [6.07, 6.45) is -1.69. The van der Waals surface area contributed by atoms with Gasteiger partial charge in [0.1, 0.15) is 0 Å². The van der Waals surface area contributed by atoms with Gasteiger partial charge in [-0.05, 0) is 40.8 Å². The van der Waals surface area contributed by atoms with Crippen LogP contribution in [0.5, 0.6) is 5.75 Å². The lowest BCUT2D eigenvalue weighted by Crippen LogP contribution is -2.18. The highest BCUT2D eigenvalue weighted by molar-refractivity contribution is 14.1. The Labute approximate surface area is 134 Å². The van der Waals surface area contributed by atoms with Crippen LogP contribution in [0.1, 0.15) is 0 Å². The minimum atomic E-state index is -4.77. The highest BCUT2D eigenvalue weighted by Crippen LogP contribution is 2.34. The predicted octanol–water partition coefficient (Wildman–Crippen LogP) is 4.49. The summed E-state index contributed by atoms with van der Waals surface area (Å²) in [4.78, 5) is 7.91. The van der Waals surface area contributed by atoms with Gasteiger partial charge in [-0.2, -0.15) is 0 Å². The first-order valence-corrected chi connectivity index (χ1v) is 7.00. The van der Waals surface area contributed by atoms with E-state index >= 15 is 0 Å². The van der Waals surface area contributed by atoms with Gasteiger partial charge in [-0.1, -0.05) is 15.9 Å². The second kappa shape index (κ2) is 6.12. The fraction of sp³-hybridized carbons (Fsp3) is 0.0909. The van der Waals surface area contributed by atoms with Crippen molar-refractivity contribution in [2.75, 3.05) is 5.32 Å². The van der Waals surface area contributed by atoms with Crippen LogP contribution in [0.25, 0.3) is 0 Å². The minimum absolute atomic E-state index is 0.117. The molecule has 2 aromatic rings. The van der Waals surface area contributed by atoms with E-state index in [9.17, 15) is 13.2 Å². The molecule has 0 atom stereocenters. The quantitative estimate of drug-likeness (QED) is 0.687. The first-order valence-electron chi connectivity index (χ1n) is 5.13. The van der Waals surface area contributed by atoms with E-state index in [4.69, 9.17) is 0 Å². The number of hydrogen-bond acceptors (Lipinski definition) is 4. The van der Waals surface area contributed by atoms with Crippen LogP contribution < -0.4 is 10.1 Å². The van der Waals surface area contributed by atoms with Gasteiger partial charge in [0, 0.05) is 20.4 Å². The van der Waals surface area contributed by atoms with Gasteiger partial charge in [0.25, 0.3) is 0 Å². The molecule has 1 aromatic heterocycles. The Balaban J connectivity index is 2.28. The molecule has 4 nitrogen and oxygen atoms in total. The number of nitrogens with one attached hydrogen (secondary N) is 1. The zero-order valence-electron chi connectivity index (χ0n) is 9.58. The van der Waals surface area contributed by atoms with Crippen LogP contribution >= 0.6 is 38.5 Å². The molecule has 0 amide bonds. The van der Waals surface area contributed by atoms with Crippen LogP contribution in [0, 0.1) is 3.57 Å². The molecule has 0 aliphatic rings. The van der Waals surface area contributed by atoms with Crippen LogP contribution in [-0.2, 0) is 0 Å². The Hall–Kier alpha value is -1.10. The van der Waals surface area contributed by atoms with Gasteiger partial charge < -0.3 is 10.1 Å². The summed E-state index contributed by atoms with van der Waals surface area (Å²) in [5.41, 5.74) is 0.117. The highest BCUT2D eigenvalue weighted by Gasteiger charge is 2.32. The molecule has 0 unspecified atom stereocenters. The van der Waals surface area contributed by atoms with Crippen molar-refractivity contribution in [1.82, 2.24) is 9.97 Å². The largest absolute Gasteiger partial charge is 0.573 e. The molecule has 2 rings (SSSR count). The summed E-state index contributed by atoms with van der Waals surface area (Å²) in [6, 6.07) is 4.23. The van der Waals surface area contributed by atoms with Crippen molar-refractivity contribution in [3.8, 4) is 5.75 Å². The van der Waals surface area contributed by atoms with Crippen molar-refractivity contribution in [3.63, 3.8) is 0 Å². The van der Waals surface area contributed by atoms with Gasteiger partial charge >= 0.3 is 6.36 Å². The topological polar surface area (TPSA) is 47.0 Å². The predicted molar refractivity (Wildman–Crippen MR) is 78.9 cm³/mol. The van der Waals surface area contributed by atoms with E-state index in [1.807, 2.05) is 22.6 Å². The molecule has 0 bridgehead atoms. The van der Waals surface area contributed by atoms with Crippen LogP contribution in [0.15, 0.2) is 35.1 Å². The van der Waals surface area contributed by atoms with Gasteiger partial charge in [-0.3, -0.25) is 0 Å². The van der Waals surface area contributed by atoms with Crippen molar-refractivity contribution in [1.29, 1.82) is 0 Å². The Bertz CT molecular complexity index is 607. The summed E-state index contributed by atoms with van der Waals surface area (Å²) >= 11 is 5.12. The van der Waals surface area contributed by atoms with Crippen LogP contribution in [-0.4, -0.2) is 16.3 Å². The molecule has 0 saturated carbocycles. The van der Waals surface area contributed by atoms with Gasteiger partial charge in [0.15, 0.2) is 5.75 Å². The third-order valence-corrected chi connectivity index (χ3v) is 3.09. The Morgan fingerprint density at radius 2 is 1.85 bits per heavy atom. The summed E-state index contributed by atoms with van der Waals surface area (Å²) < 4.78 is 42.3. The van der Waals surface area contributed by atoms with Crippen molar-refractivity contribution < 1.29 is 17.9 Å². The second-order valence-corrected chi connectivity index (χ2v) is 5.70. The third kappa shape index (κ3) is 4.47. The number of nitrogens with zero attached hydrogens (tertiary/aromatic N) is 2. The number of alkyl halides is 3. The molecule has 0 spiro atoms. The lowest BCUT2D eigenvalue weighted by atomic mass is 10.3. The maximum atomic E-state index is 12.3. The molecule has 1 N–H and O–H groups in total. The molecule has 0 radical (unpaired) electrons.